The second-order valence-corrected chi connectivity index (χ2v) is 7.65. The highest BCUT2D eigenvalue weighted by Gasteiger charge is 2.38. The predicted molar refractivity (Wildman–Crippen MR) is 102 cm³/mol. The van der Waals surface area contributed by atoms with Crippen LogP contribution in [0.5, 0.6) is 0 Å². The topological polar surface area (TPSA) is 46.2 Å². The van der Waals surface area contributed by atoms with E-state index in [9.17, 15) is 9.59 Å². The summed E-state index contributed by atoms with van der Waals surface area (Å²) < 4.78 is 0. The van der Waals surface area contributed by atoms with Crippen molar-refractivity contribution in [1.29, 1.82) is 0 Å². The minimum Gasteiger partial charge on any atom is -0.329 e. The number of hydrogen-bond acceptors (Lipinski definition) is 2. The van der Waals surface area contributed by atoms with E-state index in [0.29, 0.717) is 22.9 Å². The maximum Gasteiger partial charge on any atom is 0.225 e. The minimum atomic E-state index is -0.239. The fourth-order valence-electron chi connectivity index (χ4n) is 3.99. The molecule has 2 unspecified atom stereocenters. The predicted octanol–water partition coefficient (Wildman–Crippen LogP) is 5.00. The van der Waals surface area contributed by atoms with Gasteiger partial charge in [0.2, 0.25) is 5.91 Å². The summed E-state index contributed by atoms with van der Waals surface area (Å²) in [5.41, 5.74) is 3.31. The molecule has 1 amide bonds. The maximum atomic E-state index is 13.0. The van der Waals surface area contributed by atoms with E-state index < -0.39 is 0 Å². The van der Waals surface area contributed by atoms with Gasteiger partial charge in [-0.2, -0.15) is 0 Å². The van der Waals surface area contributed by atoms with Crippen LogP contribution in [0.4, 0.5) is 0 Å². The van der Waals surface area contributed by atoms with Crippen LogP contribution in [-0.2, 0) is 9.59 Å². The third-order valence-corrected chi connectivity index (χ3v) is 5.71. The number of hydrogen-bond donors (Lipinski definition) is 1. The quantitative estimate of drug-likeness (QED) is 0.790. The molecule has 5 heteroatoms. The Morgan fingerprint density at radius 1 is 0.923 bits per heavy atom. The summed E-state index contributed by atoms with van der Waals surface area (Å²) in [5, 5.41) is 4.19. The number of amides is 1. The van der Waals surface area contributed by atoms with Crippen LogP contribution in [-0.4, -0.2) is 11.7 Å². The molecule has 132 valence electrons. The molecule has 1 aliphatic heterocycles. The molecule has 0 aromatic heterocycles. The van der Waals surface area contributed by atoms with Gasteiger partial charge in [-0.05, 0) is 41.7 Å². The maximum absolute atomic E-state index is 13.0. The number of halogens is 2. The molecule has 0 saturated carbocycles. The van der Waals surface area contributed by atoms with Crippen LogP contribution in [0.3, 0.4) is 0 Å². The van der Waals surface area contributed by atoms with E-state index in [1.165, 1.54) is 0 Å². The van der Waals surface area contributed by atoms with E-state index in [2.05, 4.69) is 5.32 Å². The SMILES string of the molecule is O=C1CC(c2cccc(Cl)c2)C2=C(CC(c3ccccc3Cl)CC2=O)N1. The van der Waals surface area contributed by atoms with Gasteiger partial charge < -0.3 is 5.32 Å². The van der Waals surface area contributed by atoms with Crippen LogP contribution in [0.1, 0.15) is 42.2 Å². The van der Waals surface area contributed by atoms with Crippen molar-refractivity contribution in [2.75, 3.05) is 0 Å². The Balaban J connectivity index is 1.74. The Kier molecular flexibility index (Phi) is 4.60. The number of Topliss-reactive ketones (excluding diaryl/α,β-unsaturated/α-hetero) is 1. The standard InChI is InChI=1S/C21H17Cl2NO2/c22-14-5-3-4-12(8-14)16-11-20(26)24-18-9-13(10-19(25)21(16)18)15-6-1-2-7-17(15)23/h1-8,13,16H,9-11H2,(H,24,26). The molecule has 4 rings (SSSR count). The van der Waals surface area contributed by atoms with Crippen molar-refractivity contribution in [3.8, 4) is 0 Å². The van der Waals surface area contributed by atoms with E-state index >= 15 is 0 Å². The van der Waals surface area contributed by atoms with Crippen molar-refractivity contribution >= 4 is 34.9 Å². The Morgan fingerprint density at radius 2 is 1.73 bits per heavy atom. The normalized spacial score (nSPS) is 22.8. The lowest BCUT2D eigenvalue weighted by atomic mass is 9.73. The Bertz CT molecular complexity index is 935. The third kappa shape index (κ3) is 3.17. The Hall–Kier alpha value is -2.10. The first-order valence-electron chi connectivity index (χ1n) is 8.59. The lowest BCUT2D eigenvalue weighted by Gasteiger charge is -2.34. The molecule has 0 bridgehead atoms. The third-order valence-electron chi connectivity index (χ3n) is 5.13. The monoisotopic (exact) mass is 385 g/mol. The molecular weight excluding hydrogens is 369 g/mol. The van der Waals surface area contributed by atoms with Gasteiger partial charge in [-0.1, -0.05) is 53.5 Å². The highest BCUT2D eigenvalue weighted by atomic mass is 35.5. The van der Waals surface area contributed by atoms with Gasteiger partial charge in [-0.3, -0.25) is 9.59 Å². The van der Waals surface area contributed by atoms with Crippen molar-refractivity contribution in [3.05, 3.63) is 81.0 Å². The van der Waals surface area contributed by atoms with Gasteiger partial charge in [-0.15, -0.1) is 0 Å². The van der Waals surface area contributed by atoms with Crippen LogP contribution in [0.25, 0.3) is 0 Å². The minimum absolute atomic E-state index is 0.0200. The molecule has 0 saturated heterocycles. The molecule has 0 radical (unpaired) electrons. The number of carbonyl (C=O) groups excluding carboxylic acids is 2. The number of rotatable bonds is 2. The summed E-state index contributed by atoms with van der Waals surface area (Å²) in [6, 6.07) is 15.0. The molecule has 1 heterocycles. The zero-order chi connectivity index (χ0) is 18.3. The summed E-state index contributed by atoms with van der Waals surface area (Å²) in [6.07, 6.45) is 1.27. The largest absolute Gasteiger partial charge is 0.329 e. The van der Waals surface area contributed by atoms with E-state index in [1.54, 1.807) is 6.07 Å². The summed E-state index contributed by atoms with van der Waals surface area (Å²) in [7, 11) is 0. The average Bonchev–Trinajstić information content (AvgIpc) is 2.61. The summed E-state index contributed by atoms with van der Waals surface area (Å²) >= 11 is 12.4. The van der Waals surface area contributed by atoms with Crippen molar-refractivity contribution in [2.24, 2.45) is 0 Å². The van der Waals surface area contributed by atoms with Crippen LogP contribution >= 0.6 is 23.2 Å². The van der Waals surface area contributed by atoms with E-state index in [4.69, 9.17) is 23.2 Å². The highest BCUT2D eigenvalue weighted by Crippen LogP contribution is 2.43. The molecular formula is C21H17Cl2NO2. The number of allylic oxidation sites excluding steroid dienone is 2. The number of carbonyl (C=O) groups is 2. The van der Waals surface area contributed by atoms with Crippen LogP contribution in [0, 0.1) is 0 Å². The van der Waals surface area contributed by atoms with Crippen molar-refractivity contribution < 1.29 is 9.59 Å². The van der Waals surface area contributed by atoms with Gasteiger partial charge in [0.1, 0.15) is 0 Å². The summed E-state index contributed by atoms with van der Waals surface area (Å²) in [5.74, 6) is -0.256. The van der Waals surface area contributed by atoms with Gasteiger partial charge in [0, 0.05) is 40.1 Å². The molecule has 26 heavy (non-hydrogen) atoms. The molecule has 2 aliphatic rings. The molecule has 1 aliphatic carbocycles. The second kappa shape index (κ2) is 6.90. The van der Waals surface area contributed by atoms with Gasteiger partial charge in [0.25, 0.3) is 0 Å². The molecule has 3 nitrogen and oxygen atoms in total. The smallest absolute Gasteiger partial charge is 0.225 e. The average molecular weight is 386 g/mol. The van der Waals surface area contributed by atoms with Gasteiger partial charge >= 0.3 is 0 Å². The summed E-state index contributed by atoms with van der Waals surface area (Å²) in [6.45, 7) is 0. The first-order valence-corrected chi connectivity index (χ1v) is 9.34. The fourth-order valence-corrected chi connectivity index (χ4v) is 4.48. The number of benzene rings is 2. The van der Waals surface area contributed by atoms with Crippen molar-refractivity contribution in [3.63, 3.8) is 0 Å². The van der Waals surface area contributed by atoms with Crippen LogP contribution in [0.2, 0.25) is 10.0 Å². The van der Waals surface area contributed by atoms with E-state index in [1.807, 2.05) is 42.5 Å². The van der Waals surface area contributed by atoms with Crippen LogP contribution in [0.15, 0.2) is 59.8 Å². The second-order valence-electron chi connectivity index (χ2n) is 6.80. The number of ketones is 1. The van der Waals surface area contributed by atoms with E-state index in [0.717, 1.165) is 22.4 Å². The van der Waals surface area contributed by atoms with Crippen LogP contribution < -0.4 is 5.32 Å². The highest BCUT2D eigenvalue weighted by molar-refractivity contribution is 6.31. The van der Waals surface area contributed by atoms with Gasteiger partial charge in [0.15, 0.2) is 5.78 Å². The fraction of sp³-hybridized carbons (Fsp3) is 0.238. The van der Waals surface area contributed by atoms with Crippen molar-refractivity contribution in [1.82, 2.24) is 5.32 Å². The first kappa shape index (κ1) is 17.3. The molecule has 2 atom stereocenters. The molecule has 0 spiro atoms. The molecule has 0 fully saturated rings. The first-order chi connectivity index (χ1) is 12.5. The molecule has 1 N–H and O–H groups in total. The summed E-state index contributed by atoms with van der Waals surface area (Å²) in [4.78, 5) is 25.3. The zero-order valence-electron chi connectivity index (χ0n) is 14.0. The number of nitrogens with one attached hydrogen (secondary N) is 1. The van der Waals surface area contributed by atoms with Crippen molar-refractivity contribution in [2.45, 2.75) is 31.1 Å². The van der Waals surface area contributed by atoms with Gasteiger partial charge in [0.05, 0.1) is 0 Å². The lowest BCUT2D eigenvalue weighted by molar-refractivity contribution is -0.122. The lowest BCUT2D eigenvalue weighted by Crippen LogP contribution is -2.38. The van der Waals surface area contributed by atoms with Gasteiger partial charge in [-0.25, -0.2) is 0 Å². The zero-order valence-corrected chi connectivity index (χ0v) is 15.5. The van der Waals surface area contributed by atoms with E-state index in [-0.39, 0.29) is 29.9 Å². The Labute approximate surface area is 162 Å². The Morgan fingerprint density at radius 3 is 2.50 bits per heavy atom. The molecule has 2 aromatic rings. The molecule has 2 aromatic carbocycles.